The van der Waals surface area contributed by atoms with Crippen LogP contribution in [0.4, 0.5) is 0 Å². The van der Waals surface area contributed by atoms with Gasteiger partial charge in [-0.25, -0.2) is 0 Å². The first kappa shape index (κ1) is 27.6. The van der Waals surface area contributed by atoms with Crippen molar-refractivity contribution in [3.8, 4) is 11.8 Å². The molecule has 0 amide bonds. The molecule has 0 rings (SSSR count). The summed E-state index contributed by atoms with van der Waals surface area (Å²) in [4.78, 5) is 0. The molecule has 0 nitrogen and oxygen atoms in total. The van der Waals surface area contributed by atoms with Crippen molar-refractivity contribution < 1.29 is 0 Å². The molecule has 166 valence electrons. The number of unbranched alkanes of at least 4 members (excludes halogenated alkanes) is 14. The van der Waals surface area contributed by atoms with E-state index >= 15 is 0 Å². The van der Waals surface area contributed by atoms with Crippen LogP contribution in [-0.4, -0.2) is 0 Å². The molecule has 1 unspecified atom stereocenters. The minimum absolute atomic E-state index is 0.833. The van der Waals surface area contributed by atoms with E-state index < -0.39 is 0 Å². The quantitative estimate of drug-likeness (QED) is 0.143. The largest absolute Gasteiger partial charge is 0.103 e. The molecule has 0 aliphatic carbocycles. The number of rotatable bonds is 20. The Balaban J connectivity index is 3.68. The molecule has 0 N–H and O–H groups in total. The molecule has 0 aliphatic heterocycles. The van der Waals surface area contributed by atoms with Gasteiger partial charge in [0.15, 0.2) is 0 Å². The fourth-order valence-corrected chi connectivity index (χ4v) is 4.24. The van der Waals surface area contributed by atoms with Crippen LogP contribution in [0.2, 0.25) is 0 Å². The number of hydrogen-bond acceptors (Lipinski definition) is 0. The van der Waals surface area contributed by atoms with Gasteiger partial charge in [-0.3, -0.25) is 0 Å². The van der Waals surface area contributed by atoms with E-state index in [-0.39, 0.29) is 0 Å². The first-order chi connectivity index (χ1) is 13.7. The van der Waals surface area contributed by atoms with Crippen molar-refractivity contribution in [2.45, 2.75) is 156 Å². The topological polar surface area (TPSA) is 0 Å². The molecule has 0 fully saturated rings. The lowest BCUT2D eigenvalue weighted by molar-refractivity contribution is 0.354. The molecule has 0 aromatic heterocycles. The van der Waals surface area contributed by atoms with Crippen LogP contribution in [0.3, 0.4) is 0 Å². The third-order valence-corrected chi connectivity index (χ3v) is 5.98. The fourth-order valence-electron chi connectivity index (χ4n) is 4.24. The Labute approximate surface area is 180 Å². The summed E-state index contributed by atoms with van der Waals surface area (Å²) in [5, 5.41) is 0. The second-order valence-corrected chi connectivity index (χ2v) is 9.52. The average molecular weight is 391 g/mol. The van der Waals surface area contributed by atoms with Crippen LogP contribution < -0.4 is 0 Å². The molecule has 0 aromatic carbocycles. The Morgan fingerprint density at radius 2 is 0.964 bits per heavy atom. The minimum Gasteiger partial charge on any atom is -0.103 e. The zero-order valence-electron chi connectivity index (χ0n) is 20.3. The Morgan fingerprint density at radius 3 is 1.50 bits per heavy atom. The lowest BCUT2D eigenvalue weighted by Gasteiger charge is -2.18. The first-order valence-electron chi connectivity index (χ1n) is 13.2. The zero-order valence-corrected chi connectivity index (χ0v) is 20.3. The molecule has 0 radical (unpaired) electrons. The molecule has 28 heavy (non-hydrogen) atoms. The lowest BCUT2D eigenvalue weighted by Crippen LogP contribution is -2.05. The Morgan fingerprint density at radius 1 is 0.500 bits per heavy atom. The fraction of sp³-hybridized carbons (Fsp3) is 0.929. The Bertz CT molecular complexity index is 343. The van der Waals surface area contributed by atoms with Crippen LogP contribution in [0.5, 0.6) is 0 Å². The standard InChI is InChI=1S/C28H54/c1-5-7-9-11-13-15-17-19-21-23-25-28(26-27(3)4)24-22-20-18-16-14-12-10-8-6-2/h27-28H,5-17,19,21-26H2,1-4H3. The summed E-state index contributed by atoms with van der Waals surface area (Å²) in [6.45, 7) is 9.35. The summed E-state index contributed by atoms with van der Waals surface area (Å²) in [6.07, 6.45) is 27.7. The first-order valence-corrected chi connectivity index (χ1v) is 13.2. The molecule has 0 heteroatoms. The van der Waals surface area contributed by atoms with Crippen molar-refractivity contribution in [3.05, 3.63) is 0 Å². The van der Waals surface area contributed by atoms with E-state index in [0.29, 0.717) is 0 Å². The van der Waals surface area contributed by atoms with Crippen molar-refractivity contribution in [3.63, 3.8) is 0 Å². The predicted molar refractivity (Wildman–Crippen MR) is 130 cm³/mol. The predicted octanol–water partition coefficient (Wildman–Crippen LogP) is 10.1. The minimum atomic E-state index is 0.833. The SMILES string of the molecule is CCCCCCCC#CCCC(CCCCCCCCCCCC)CC(C)C. The molecular weight excluding hydrogens is 336 g/mol. The van der Waals surface area contributed by atoms with Crippen LogP contribution in [0, 0.1) is 23.7 Å². The van der Waals surface area contributed by atoms with E-state index in [0.717, 1.165) is 24.7 Å². The third kappa shape index (κ3) is 21.9. The molecule has 1 atom stereocenters. The number of hydrogen-bond donors (Lipinski definition) is 0. The third-order valence-electron chi connectivity index (χ3n) is 5.98. The molecule has 0 aliphatic rings. The summed E-state index contributed by atoms with van der Waals surface area (Å²) in [6, 6.07) is 0. The van der Waals surface area contributed by atoms with E-state index in [2.05, 4.69) is 39.5 Å². The van der Waals surface area contributed by atoms with Crippen LogP contribution in [0.25, 0.3) is 0 Å². The van der Waals surface area contributed by atoms with Crippen LogP contribution in [0.1, 0.15) is 156 Å². The molecule has 0 saturated carbocycles. The smallest absolute Gasteiger partial charge is 0.00913 e. The lowest BCUT2D eigenvalue weighted by atomic mass is 9.88. The van der Waals surface area contributed by atoms with Crippen molar-refractivity contribution in [2.75, 3.05) is 0 Å². The monoisotopic (exact) mass is 390 g/mol. The molecule has 0 spiro atoms. The molecule has 0 aromatic rings. The Hall–Kier alpha value is -0.440. The second-order valence-electron chi connectivity index (χ2n) is 9.52. The van der Waals surface area contributed by atoms with Gasteiger partial charge >= 0.3 is 0 Å². The maximum absolute atomic E-state index is 3.47. The van der Waals surface area contributed by atoms with Crippen molar-refractivity contribution >= 4 is 0 Å². The summed E-state index contributed by atoms with van der Waals surface area (Å²) < 4.78 is 0. The molecule has 0 bridgehead atoms. The van der Waals surface area contributed by atoms with E-state index in [1.165, 1.54) is 116 Å². The van der Waals surface area contributed by atoms with Crippen LogP contribution >= 0.6 is 0 Å². The van der Waals surface area contributed by atoms with E-state index in [1.807, 2.05) is 0 Å². The summed E-state index contributed by atoms with van der Waals surface area (Å²) in [5.41, 5.74) is 0. The highest BCUT2D eigenvalue weighted by molar-refractivity contribution is 4.98. The highest BCUT2D eigenvalue weighted by atomic mass is 14.2. The van der Waals surface area contributed by atoms with Gasteiger partial charge in [0.05, 0.1) is 0 Å². The van der Waals surface area contributed by atoms with E-state index in [9.17, 15) is 0 Å². The van der Waals surface area contributed by atoms with Crippen molar-refractivity contribution in [1.82, 2.24) is 0 Å². The zero-order chi connectivity index (χ0) is 20.7. The molecular formula is C28H54. The molecule has 0 saturated heterocycles. The summed E-state index contributed by atoms with van der Waals surface area (Å²) in [5.74, 6) is 8.64. The van der Waals surface area contributed by atoms with E-state index in [1.54, 1.807) is 0 Å². The van der Waals surface area contributed by atoms with Crippen molar-refractivity contribution in [2.24, 2.45) is 11.8 Å². The van der Waals surface area contributed by atoms with Crippen molar-refractivity contribution in [1.29, 1.82) is 0 Å². The molecule has 0 heterocycles. The van der Waals surface area contributed by atoms with Gasteiger partial charge in [0.2, 0.25) is 0 Å². The van der Waals surface area contributed by atoms with Gasteiger partial charge in [0.1, 0.15) is 0 Å². The maximum atomic E-state index is 3.47. The van der Waals surface area contributed by atoms with Crippen LogP contribution in [-0.2, 0) is 0 Å². The van der Waals surface area contributed by atoms with Gasteiger partial charge in [-0.15, -0.1) is 11.8 Å². The second kappa shape index (κ2) is 22.8. The normalized spacial score (nSPS) is 12.2. The summed E-state index contributed by atoms with van der Waals surface area (Å²) in [7, 11) is 0. The Kier molecular flexibility index (Phi) is 22.5. The summed E-state index contributed by atoms with van der Waals surface area (Å²) >= 11 is 0. The van der Waals surface area contributed by atoms with Gasteiger partial charge in [-0.2, -0.15) is 0 Å². The van der Waals surface area contributed by atoms with Gasteiger partial charge in [0.25, 0.3) is 0 Å². The van der Waals surface area contributed by atoms with Gasteiger partial charge in [-0.05, 0) is 31.1 Å². The van der Waals surface area contributed by atoms with E-state index in [4.69, 9.17) is 0 Å². The van der Waals surface area contributed by atoms with Gasteiger partial charge in [0, 0.05) is 12.8 Å². The highest BCUT2D eigenvalue weighted by Gasteiger charge is 2.10. The maximum Gasteiger partial charge on any atom is 0.00913 e. The average Bonchev–Trinajstić information content (AvgIpc) is 2.67. The van der Waals surface area contributed by atoms with Crippen LogP contribution in [0.15, 0.2) is 0 Å². The van der Waals surface area contributed by atoms with Gasteiger partial charge in [-0.1, -0.05) is 124 Å². The highest BCUT2D eigenvalue weighted by Crippen LogP contribution is 2.23. The van der Waals surface area contributed by atoms with Gasteiger partial charge < -0.3 is 0 Å².